The van der Waals surface area contributed by atoms with Gasteiger partial charge >= 0.3 is 0 Å². The average molecular weight is 331 g/mol. The number of piperidine rings is 3. The zero-order valence-corrected chi connectivity index (χ0v) is 13.5. The van der Waals surface area contributed by atoms with E-state index < -0.39 is 0 Å². The van der Waals surface area contributed by atoms with Crippen LogP contribution in [-0.2, 0) is 0 Å². The van der Waals surface area contributed by atoms with Crippen molar-refractivity contribution in [1.82, 2.24) is 15.1 Å². The van der Waals surface area contributed by atoms with Crippen molar-refractivity contribution in [2.75, 3.05) is 19.6 Å². The molecule has 4 bridgehead atoms. The van der Waals surface area contributed by atoms with Gasteiger partial charge in [-0.2, -0.15) is 0 Å². The van der Waals surface area contributed by atoms with Crippen molar-refractivity contribution in [3.05, 3.63) is 30.1 Å². The monoisotopic (exact) mass is 331 g/mol. The molecule has 4 heterocycles. The van der Waals surface area contributed by atoms with E-state index in [0.29, 0.717) is 17.0 Å². The molecule has 1 aliphatic carbocycles. The van der Waals surface area contributed by atoms with E-state index >= 15 is 0 Å². The number of rotatable bonds is 3. The molecule has 4 aliphatic rings. The molecule has 1 saturated carbocycles. The van der Waals surface area contributed by atoms with E-state index in [1.807, 2.05) is 0 Å². The van der Waals surface area contributed by atoms with Gasteiger partial charge < -0.3 is 9.64 Å². The van der Waals surface area contributed by atoms with Gasteiger partial charge in [0, 0.05) is 37.0 Å². The molecule has 4 nitrogen and oxygen atoms in total. The smallest absolute Gasteiger partial charge is 0.294 e. The predicted octanol–water partition coefficient (Wildman–Crippen LogP) is 3.06. The quantitative estimate of drug-likeness (QED) is 0.866. The number of hydrogen-bond acceptors (Lipinski definition) is 5. The van der Waals surface area contributed by atoms with Crippen LogP contribution in [0.1, 0.15) is 12.8 Å². The molecule has 0 unspecified atom stereocenters. The minimum atomic E-state index is -0.238. The molecule has 2 atom stereocenters. The first-order valence-corrected chi connectivity index (χ1v) is 9.05. The van der Waals surface area contributed by atoms with Crippen molar-refractivity contribution >= 4 is 11.3 Å². The van der Waals surface area contributed by atoms with E-state index in [-0.39, 0.29) is 11.9 Å². The lowest BCUT2D eigenvalue weighted by Gasteiger charge is -2.54. The van der Waals surface area contributed by atoms with Gasteiger partial charge in [-0.1, -0.05) is 16.4 Å². The Balaban J connectivity index is 1.34. The number of halogens is 1. The molecule has 1 aromatic carbocycles. The van der Waals surface area contributed by atoms with E-state index in [1.54, 1.807) is 12.1 Å². The summed E-state index contributed by atoms with van der Waals surface area (Å²) in [6.45, 7) is 3.62. The van der Waals surface area contributed by atoms with Crippen molar-refractivity contribution in [3.63, 3.8) is 0 Å². The second-order valence-corrected chi connectivity index (χ2v) is 7.98. The molecule has 0 N–H and O–H groups in total. The van der Waals surface area contributed by atoms with E-state index in [2.05, 4.69) is 15.1 Å². The summed E-state index contributed by atoms with van der Waals surface area (Å²) >= 11 is 1.46. The van der Waals surface area contributed by atoms with Crippen LogP contribution in [0.25, 0.3) is 10.6 Å². The second kappa shape index (κ2) is 5.24. The summed E-state index contributed by atoms with van der Waals surface area (Å²) < 4.78 is 19.3. The van der Waals surface area contributed by atoms with Crippen LogP contribution in [0.5, 0.6) is 5.19 Å². The SMILES string of the molecule is Fc1ccc(-c2nnc(OC3[C@@H]4CC5C[C@@H]3CN(C5)C4)s2)cc1. The van der Waals surface area contributed by atoms with Crippen LogP contribution in [0.2, 0.25) is 0 Å². The standard InChI is InChI=1S/C17H18FN3OS/c18-14-3-1-11(2-4-14)16-19-20-17(23-16)22-15-12-5-10-6-13(15)9-21(7-10)8-12/h1-4,10,12-13,15H,5-9H2/t10?,12-,13-,15?/m1/s1. The van der Waals surface area contributed by atoms with Crippen LogP contribution in [0.15, 0.2) is 24.3 Å². The zero-order chi connectivity index (χ0) is 15.4. The maximum atomic E-state index is 13.0. The lowest BCUT2D eigenvalue weighted by atomic mass is 9.66. The molecule has 0 amide bonds. The number of ether oxygens (including phenoxy) is 1. The minimum Gasteiger partial charge on any atom is -0.465 e. The third-order valence-corrected chi connectivity index (χ3v) is 6.30. The lowest BCUT2D eigenvalue weighted by molar-refractivity contribution is -0.0986. The molecule has 4 fully saturated rings. The maximum Gasteiger partial charge on any atom is 0.294 e. The highest BCUT2D eigenvalue weighted by atomic mass is 32.1. The third-order valence-electron chi connectivity index (χ3n) is 5.44. The summed E-state index contributed by atoms with van der Waals surface area (Å²) in [4.78, 5) is 2.59. The predicted molar refractivity (Wildman–Crippen MR) is 85.9 cm³/mol. The highest BCUT2D eigenvalue weighted by Gasteiger charge is 2.49. The van der Waals surface area contributed by atoms with E-state index in [4.69, 9.17) is 4.74 Å². The average Bonchev–Trinajstić information content (AvgIpc) is 2.99. The molecule has 2 aromatic rings. The third kappa shape index (κ3) is 2.44. The summed E-state index contributed by atoms with van der Waals surface area (Å²) in [6, 6.07) is 6.36. The number of nitrogens with zero attached hydrogens (tertiary/aromatic N) is 3. The molecular weight excluding hydrogens is 313 g/mol. The van der Waals surface area contributed by atoms with Crippen LogP contribution in [0, 0.1) is 23.6 Å². The summed E-state index contributed by atoms with van der Waals surface area (Å²) in [5, 5.41) is 9.85. The normalized spacial score (nSPS) is 34.7. The van der Waals surface area contributed by atoms with Gasteiger partial charge in [0.05, 0.1) is 0 Å². The van der Waals surface area contributed by atoms with E-state index in [9.17, 15) is 4.39 Å². The fraction of sp³-hybridized carbons (Fsp3) is 0.529. The number of hydrogen-bond donors (Lipinski definition) is 0. The van der Waals surface area contributed by atoms with Gasteiger partial charge in [0.15, 0.2) is 5.01 Å². The van der Waals surface area contributed by atoms with Gasteiger partial charge in [-0.05, 0) is 43.0 Å². The molecular formula is C17H18FN3OS. The first-order valence-electron chi connectivity index (χ1n) is 8.23. The molecule has 0 radical (unpaired) electrons. The molecule has 1 aromatic heterocycles. The second-order valence-electron chi connectivity index (χ2n) is 7.04. The van der Waals surface area contributed by atoms with Gasteiger partial charge in [-0.3, -0.25) is 0 Å². The summed E-state index contributed by atoms with van der Waals surface area (Å²) in [5.41, 5.74) is 0.884. The van der Waals surface area contributed by atoms with Crippen molar-refractivity contribution < 1.29 is 9.13 Å². The molecule has 3 aliphatic heterocycles. The zero-order valence-electron chi connectivity index (χ0n) is 12.7. The molecule has 6 rings (SSSR count). The Kier molecular flexibility index (Phi) is 3.16. The lowest BCUT2D eigenvalue weighted by Crippen LogP contribution is -2.61. The van der Waals surface area contributed by atoms with E-state index in [0.717, 1.165) is 16.5 Å². The van der Waals surface area contributed by atoms with Gasteiger partial charge in [0.25, 0.3) is 5.19 Å². The number of aromatic nitrogens is 2. The van der Waals surface area contributed by atoms with Gasteiger partial charge in [-0.15, -0.1) is 5.10 Å². The highest BCUT2D eigenvalue weighted by molar-refractivity contribution is 7.16. The molecule has 0 spiro atoms. The molecule has 3 saturated heterocycles. The Bertz CT molecular complexity index is 689. The van der Waals surface area contributed by atoms with Crippen molar-refractivity contribution in [3.8, 4) is 15.8 Å². The molecule has 23 heavy (non-hydrogen) atoms. The van der Waals surface area contributed by atoms with Crippen molar-refractivity contribution in [1.29, 1.82) is 0 Å². The highest BCUT2D eigenvalue weighted by Crippen LogP contribution is 2.45. The van der Waals surface area contributed by atoms with Crippen molar-refractivity contribution in [2.24, 2.45) is 17.8 Å². The Labute approximate surface area is 138 Å². The summed E-state index contributed by atoms with van der Waals surface area (Å²) in [6.07, 6.45) is 2.87. The Morgan fingerprint density at radius 2 is 1.78 bits per heavy atom. The Morgan fingerprint density at radius 3 is 2.48 bits per heavy atom. The topological polar surface area (TPSA) is 38.3 Å². The first-order chi connectivity index (χ1) is 11.2. The molecule has 6 heteroatoms. The van der Waals surface area contributed by atoms with Crippen molar-refractivity contribution in [2.45, 2.75) is 18.9 Å². The fourth-order valence-electron chi connectivity index (χ4n) is 4.64. The van der Waals surface area contributed by atoms with Crippen LogP contribution in [0.4, 0.5) is 4.39 Å². The van der Waals surface area contributed by atoms with Crippen LogP contribution in [-0.4, -0.2) is 40.8 Å². The van der Waals surface area contributed by atoms with Gasteiger partial charge in [0.2, 0.25) is 0 Å². The summed E-state index contributed by atoms with van der Waals surface area (Å²) in [5.74, 6) is 1.91. The first kappa shape index (κ1) is 13.9. The Morgan fingerprint density at radius 1 is 1.04 bits per heavy atom. The summed E-state index contributed by atoms with van der Waals surface area (Å²) in [7, 11) is 0. The van der Waals surface area contributed by atoms with E-state index in [1.165, 1.54) is 55.9 Å². The largest absolute Gasteiger partial charge is 0.465 e. The van der Waals surface area contributed by atoms with Crippen LogP contribution < -0.4 is 4.74 Å². The fourth-order valence-corrected chi connectivity index (χ4v) is 5.38. The minimum absolute atomic E-state index is 0.238. The van der Waals surface area contributed by atoms with Crippen LogP contribution >= 0.6 is 11.3 Å². The van der Waals surface area contributed by atoms with Gasteiger partial charge in [-0.25, -0.2) is 4.39 Å². The van der Waals surface area contributed by atoms with Gasteiger partial charge in [0.1, 0.15) is 11.9 Å². The van der Waals surface area contributed by atoms with Crippen LogP contribution in [0.3, 0.4) is 0 Å². The maximum absolute atomic E-state index is 13.0. The Hall–Kier alpha value is -1.53. The number of benzene rings is 1. The molecule has 120 valence electrons.